The van der Waals surface area contributed by atoms with Gasteiger partial charge in [0.05, 0.1) is 0 Å². The van der Waals surface area contributed by atoms with E-state index >= 15 is 0 Å². The molecular weight excluding hydrogens is 340 g/mol. The molecule has 0 aromatic rings. The molecule has 0 aliphatic carbocycles. The Labute approximate surface area is 168 Å². The Morgan fingerprint density at radius 3 is 1.33 bits per heavy atom. The Morgan fingerprint density at radius 1 is 0.667 bits per heavy atom. The molecule has 2 unspecified atom stereocenters. The second kappa shape index (κ2) is 20.1. The van der Waals surface area contributed by atoms with Gasteiger partial charge >= 0.3 is 5.97 Å². The summed E-state index contributed by atoms with van der Waals surface area (Å²) in [5.74, 6) is -0.427. The van der Waals surface area contributed by atoms with Crippen LogP contribution in [0.2, 0.25) is 0 Å². The Kier molecular flexibility index (Phi) is 19.7. The van der Waals surface area contributed by atoms with Crippen LogP contribution in [0.25, 0.3) is 0 Å². The van der Waals surface area contributed by atoms with Crippen LogP contribution in [0.5, 0.6) is 0 Å². The molecule has 0 fully saturated rings. The first-order valence-corrected chi connectivity index (χ1v) is 11.6. The van der Waals surface area contributed by atoms with E-state index in [2.05, 4.69) is 6.92 Å². The van der Waals surface area contributed by atoms with Crippen molar-refractivity contribution in [3.63, 3.8) is 0 Å². The molecule has 0 saturated heterocycles. The van der Waals surface area contributed by atoms with Gasteiger partial charge in [0.25, 0.3) is 0 Å². The lowest BCUT2D eigenvalue weighted by Crippen LogP contribution is -2.28. The molecule has 4 nitrogen and oxygen atoms in total. The van der Waals surface area contributed by atoms with Crippen molar-refractivity contribution in [3.8, 4) is 0 Å². The van der Waals surface area contributed by atoms with Crippen molar-refractivity contribution < 1.29 is 19.7 Å². The van der Waals surface area contributed by atoms with Gasteiger partial charge in [0.2, 0.25) is 6.29 Å². The largest absolute Gasteiger partial charge is 0.433 e. The molecule has 0 bridgehead atoms. The second-order valence-electron chi connectivity index (χ2n) is 8.03. The molecule has 2 N–H and O–H groups in total. The zero-order valence-electron chi connectivity index (χ0n) is 18.1. The highest BCUT2D eigenvalue weighted by Gasteiger charge is 2.15. The number of hydrogen-bond donors (Lipinski definition) is 2. The monoisotopic (exact) mass is 386 g/mol. The molecule has 27 heavy (non-hydrogen) atoms. The normalized spacial score (nSPS) is 13.5. The van der Waals surface area contributed by atoms with Crippen molar-refractivity contribution >= 4 is 5.97 Å². The van der Waals surface area contributed by atoms with Crippen LogP contribution in [-0.2, 0) is 9.53 Å². The van der Waals surface area contributed by atoms with Crippen LogP contribution in [0, 0.1) is 0 Å². The summed E-state index contributed by atoms with van der Waals surface area (Å²) in [7, 11) is 0. The summed E-state index contributed by atoms with van der Waals surface area (Å²) in [6.07, 6.45) is 20.1. The van der Waals surface area contributed by atoms with E-state index in [1.165, 1.54) is 96.8 Å². The molecule has 0 amide bonds. The van der Waals surface area contributed by atoms with Crippen molar-refractivity contribution in [2.75, 3.05) is 0 Å². The molecule has 0 radical (unpaired) electrons. The van der Waals surface area contributed by atoms with Crippen LogP contribution in [0.15, 0.2) is 0 Å². The predicted molar refractivity (Wildman–Crippen MR) is 113 cm³/mol. The minimum atomic E-state index is -1.40. The minimum absolute atomic E-state index is 0.322. The molecule has 0 aliphatic rings. The Bertz CT molecular complexity index is 318. The fourth-order valence-corrected chi connectivity index (χ4v) is 3.29. The molecule has 2 atom stereocenters. The van der Waals surface area contributed by atoms with Crippen molar-refractivity contribution in [1.82, 2.24) is 0 Å². The molecular formula is C23H46O4. The highest BCUT2D eigenvalue weighted by molar-refractivity contribution is 5.69. The third-order valence-corrected chi connectivity index (χ3v) is 5.15. The molecule has 0 saturated carbocycles. The summed E-state index contributed by atoms with van der Waals surface area (Å²) >= 11 is 0. The third-order valence-electron chi connectivity index (χ3n) is 5.15. The van der Waals surface area contributed by atoms with Gasteiger partial charge in [-0.1, -0.05) is 110 Å². The maximum absolute atomic E-state index is 11.4. The minimum Gasteiger partial charge on any atom is -0.433 e. The van der Waals surface area contributed by atoms with Gasteiger partial charge in [-0.05, 0) is 13.3 Å². The van der Waals surface area contributed by atoms with Crippen LogP contribution in [0.4, 0.5) is 0 Å². The maximum atomic E-state index is 11.4. The van der Waals surface area contributed by atoms with E-state index < -0.39 is 18.4 Å². The summed E-state index contributed by atoms with van der Waals surface area (Å²) in [4.78, 5) is 11.4. The van der Waals surface area contributed by atoms with Crippen LogP contribution in [0.1, 0.15) is 129 Å². The predicted octanol–water partition coefficient (Wildman–Crippen LogP) is 6.27. The number of unbranched alkanes of at least 4 members (excludes halogenated alkanes) is 16. The number of carbonyl (C=O) groups excluding carboxylic acids is 1. The molecule has 162 valence electrons. The van der Waals surface area contributed by atoms with Crippen molar-refractivity contribution in [1.29, 1.82) is 0 Å². The highest BCUT2D eigenvalue weighted by Crippen LogP contribution is 2.14. The van der Waals surface area contributed by atoms with Gasteiger partial charge < -0.3 is 14.9 Å². The van der Waals surface area contributed by atoms with E-state index in [9.17, 15) is 9.90 Å². The lowest BCUT2D eigenvalue weighted by molar-refractivity contribution is -0.184. The van der Waals surface area contributed by atoms with E-state index in [1.807, 2.05) is 0 Å². The van der Waals surface area contributed by atoms with Gasteiger partial charge in [-0.25, -0.2) is 0 Å². The number of hydrogen-bond acceptors (Lipinski definition) is 4. The Hall–Kier alpha value is -0.610. The van der Waals surface area contributed by atoms with Crippen LogP contribution < -0.4 is 0 Å². The molecule has 0 heterocycles. The van der Waals surface area contributed by atoms with E-state index in [0.717, 1.165) is 19.3 Å². The molecule has 4 heteroatoms. The van der Waals surface area contributed by atoms with Gasteiger partial charge in [0.1, 0.15) is 6.10 Å². The van der Waals surface area contributed by atoms with Crippen LogP contribution in [0.3, 0.4) is 0 Å². The zero-order chi connectivity index (χ0) is 20.2. The average molecular weight is 387 g/mol. The highest BCUT2D eigenvalue weighted by atomic mass is 16.6. The summed E-state index contributed by atoms with van der Waals surface area (Å²) < 4.78 is 4.71. The first kappa shape index (κ1) is 26.4. The topological polar surface area (TPSA) is 66.8 Å². The fraction of sp³-hybridized carbons (Fsp3) is 0.957. The van der Waals surface area contributed by atoms with Gasteiger partial charge in [0, 0.05) is 6.42 Å². The first-order valence-electron chi connectivity index (χ1n) is 11.6. The zero-order valence-corrected chi connectivity index (χ0v) is 18.1. The summed E-state index contributed by atoms with van der Waals surface area (Å²) in [5.41, 5.74) is 0. The van der Waals surface area contributed by atoms with E-state index in [1.54, 1.807) is 0 Å². The number of esters is 1. The van der Waals surface area contributed by atoms with Crippen molar-refractivity contribution in [2.24, 2.45) is 0 Å². The van der Waals surface area contributed by atoms with Crippen molar-refractivity contribution in [3.05, 3.63) is 0 Å². The molecule has 0 spiro atoms. The number of rotatable bonds is 20. The standard InChI is InChI=1S/C23H46O4/c1-3-4-5-6-7-8-9-10-11-12-13-14-15-16-17-18-19-20-22(25)27-23(26)21(2)24/h21,23-24,26H,3-20H2,1-2H3. The maximum Gasteiger partial charge on any atom is 0.308 e. The summed E-state index contributed by atoms with van der Waals surface area (Å²) in [6, 6.07) is 0. The summed E-state index contributed by atoms with van der Waals surface area (Å²) in [6.45, 7) is 3.67. The first-order chi connectivity index (χ1) is 13.1. The summed E-state index contributed by atoms with van der Waals surface area (Å²) in [5, 5.41) is 18.3. The smallest absolute Gasteiger partial charge is 0.308 e. The number of aliphatic hydroxyl groups excluding tert-OH is 2. The third kappa shape index (κ3) is 19.9. The Morgan fingerprint density at radius 2 is 1.00 bits per heavy atom. The van der Waals surface area contributed by atoms with Gasteiger partial charge in [-0.2, -0.15) is 0 Å². The van der Waals surface area contributed by atoms with E-state index in [-0.39, 0.29) is 0 Å². The SMILES string of the molecule is CCCCCCCCCCCCCCCCCCCC(=O)OC(O)C(C)O. The van der Waals surface area contributed by atoms with E-state index in [0.29, 0.717) is 6.42 Å². The van der Waals surface area contributed by atoms with Gasteiger partial charge in [0.15, 0.2) is 0 Å². The van der Waals surface area contributed by atoms with Gasteiger partial charge in [-0.3, -0.25) is 4.79 Å². The lowest BCUT2D eigenvalue weighted by atomic mass is 10.0. The van der Waals surface area contributed by atoms with E-state index in [4.69, 9.17) is 9.84 Å². The molecule has 0 aliphatic heterocycles. The quantitative estimate of drug-likeness (QED) is 0.147. The number of carbonyl (C=O) groups is 1. The second-order valence-corrected chi connectivity index (χ2v) is 8.03. The van der Waals surface area contributed by atoms with Crippen molar-refractivity contribution in [2.45, 2.75) is 142 Å². The van der Waals surface area contributed by atoms with Gasteiger partial charge in [-0.15, -0.1) is 0 Å². The number of aliphatic hydroxyl groups is 2. The van der Waals surface area contributed by atoms with Crippen LogP contribution >= 0.6 is 0 Å². The molecule has 0 aromatic heterocycles. The molecule has 0 rings (SSSR count). The van der Waals surface area contributed by atoms with Crippen LogP contribution in [-0.4, -0.2) is 28.6 Å². The fourth-order valence-electron chi connectivity index (χ4n) is 3.29. The average Bonchev–Trinajstić information content (AvgIpc) is 2.64. The number of ether oxygens (including phenoxy) is 1. The lowest BCUT2D eigenvalue weighted by Gasteiger charge is -2.14. The Balaban J connectivity index is 3.16. The molecule has 0 aromatic carbocycles.